The molecule has 0 bridgehead atoms. The molecule has 0 N–H and O–H groups in total. The maximum atomic E-state index is 14.5. The molecule has 10 nitrogen and oxygen atoms in total. The number of allylic oxidation sites excluding steroid dienone is 1. The molecule has 1 unspecified atom stereocenters. The average molecular weight is 677 g/mol. The molecule has 0 fully saturated rings. The predicted molar refractivity (Wildman–Crippen MR) is 188 cm³/mol. The van der Waals surface area contributed by atoms with Crippen molar-refractivity contribution in [2.24, 2.45) is 4.99 Å². The number of carbonyl (C=O) groups excluding carboxylic acids is 2. The molecule has 0 spiro atoms. The molecule has 1 atom stereocenters. The van der Waals surface area contributed by atoms with Gasteiger partial charge in [-0.1, -0.05) is 53.3 Å². The molecule has 11 heteroatoms. The van der Waals surface area contributed by atoms with Gasteiger partial charge in [-0.05, 0) is 81.7 Å². The van der Waals surface area contributed by atoms with E-state index in [2.05, 4.69) is 32.9 Å². The van der Waals surface area contributed by atoms with Crippen molar-refractivity contribution >= 4 is 29.4 Å². The second-order valence-electron chi connectivity index (χ2n) is 11.8. The van der Waals surface area contributed by atoms with Crippen molar-refractivity contribution in [3.05, 3.63) is 126 Å². The molecule has 1 aliphatic rings. The van der Waals surface area contributed by atoms with Crippen LogP contribution in [0.15, 0.2) is 87.9 Å². The zero-order chi connectivity index (χ0) is 35.0. The molecule has 6 rings (SSSR count). The predicted octanol–water partition coefficient (Wildman–Crippen LogP) is 5.51. The van der Waals surface area contributed by atoms with Crippen LogP contribution in [0.4, 0.5) is 0 Å². The number of para-hydroxylation sites is 1. The molecule has 0 amide bonds. The van der Waals surface area contributed by atoms with Crippen LogP contribution in [0.2, 0.25) is 0 Å². The Morgan fingerprint density at radius 2 is 1.69 bits per heavy atom. The first kappa shape index (κ1) is 33.4. The van der Waals surface area contributed by atoms with Crippen LogP contribution in [0.25, 0.3) is 23.0 Å². The lowest BCUT2D eigenvalue weighted by molar-refractivity contribution is -0.139. The van der Waals surface area contributed by atoms with Crippen molar-refractivity contribution in [1.82, 2.24) is 14.3 Å². The Kier molecular flexibility index (Phi) is 9.20. The van der Waals surface area contributed by atoms with Crippen molar-refractivity contribution in [2.45, 2.75) is 47.6 Å². The SMILES string of the molecule is CCOC(=O)C1=C(C)N=c2s/c(=C\c3cn(-c4ccccc4)nc3-c3c(C)cc(C)cc3C)c(=O)n2C1c1ccc(OC(C)=O)c(OC)c1. The number of hydrogen-bond acceptors (Lipinski definition) is 9. The third-order valence-corrected chi connectivity index (χ3v) is 9.22. The number of nitrogens with zero attached hydrogens (tertiary/aromatic N) is 4. The van der Waals surface area contributed by atoms with E-state index in [1.54, 1.807) is 32.0 Å². The van der Waals surface area contributed by atoms with E-state index in [-0.39, 0.29) is 29.2 Å². The van der Waals surface area contributed by atoms with Gasteiger partial charge in [-0.25, -0.2) is 14.5 Å². The van der Waals surface area contributed by atoms with E-state index >= 15 is 0 Å². The van der Waals surface area contributed by atoms with Gasteiger partial charge in [0.15, 0.2) is 16.3 Å². The molecule has 5 aromatic rings. The molecule has 250 valence electrons. The maximum absolute atomic E-state index is 14.5. The molecular formula is C38H36N4O6S. The normalized spacial score (nSPS) is 14.3. The number of benzene rings is 3. The number of esters is 2. The number of rotatable bonds is 8. The second kappa shape index (κ2) is 13.5. The molecule has 0 aliphatic carbocycles. The highest BCUT2D eigenvalue weighted by atomic mass is 32.1. The number of thiazole rings is 1. The summed E-state index contributed by atoms with van der Waals surface area (Å²) in [5.41, 5.74) is 7.58. The van der Waals surface area contributed by atoms with Crippen molar-refractivity contribution in [3.8, 4) is 28.4 Å². The average Bonchev–Trinajstić information content (AvgIpc) is 3.60. The monoisotopic (exact) mass is 676 g/mol. The lowest BCUT2D eigenvalue weighted by atomic mass is 9.95. The van der Waals surface area contributed by atoms with Gasteiger partial charge in [0.1, 0.15) is 5.69 Å². The number of hydrogen-bond donors (Lipinski definition) is 0. The summed E-state index contributed by atoms with van der Waals surface area (Å²) >= 11 is 1.23. The van der Waals surface area contributed by atoms with Gasteiger partial charge in [0.2, 0.25) is 0 Å². The minimum absolute atomic E-state index is 0.146. The van der Waals surface area contributed by atoms with Crippen LogP contribution in [0.5, 0.6) is 11.5 Å². The van der Waals surface area contributed by atoms with Crippen LogP contribution in [-0.4, -0.2) is 40.0 Å². The molecule has 49 heavy (non-hydrogen) atoms. The van der Waals surface area contributed by atoms with Gasteiger partial charge >= 0.3 is 11.9 Å². The zero-order valence-corrected chi connectivity index (χ0v) is 29.2. The van der Waals surface area contributed by atoms with Crippen LogP contribution < -0.4 is 24.4 Å². The highest BCUT2D eigenvalue weighted by molar-refractivity contribution is 7.07. The van der Waals surface area contributed by atoms with E-state index in [4.69, 9.17) is 24.3 Å². The molecule has 3 aromatic carbocycles. The van der Waals surface area contributed by atoms with Crippen molar-refractivity contribution < 1.29 is 23.8 Å². The first-order chi connectivity index (χ1) is 23.5. The number of carbonyl (C=O) groups is 2. The summed E-state index contributed by atoms with van der Waals surface area (Å²) in [7, 11) is 1.45. The summed E-state index contributed by atoms with van der Waals surface area (Å²) in [4.78, 5) is 44.8. The topological polar surface area (TPSA) is 114 Å². The van der Waals surface area contributed by atoms with Gasteiger partial charge in [-0.3, -0.25) is 14.2 Å². The van der Waals surface area contributed by atoms with E-state index in [1.165, 1.54) is 29.9 Å². The maximum Gasteiger partial charge on any atom is 0.338 e. The third-order valence-electron chi connectivity index (χ3n) is 8.24. The Morgan fingerprint density at radius 3 is 2.35 bits per heavy atom. The zero-order valence-electron chi connectivity index (χ0n) is 28.4. The second-order valence-corrected chi connectivity index (χ2v) is 12.8. The smallest absolute Gasteiger partial charge is 0.338 e. The quantitative estimate of drug-likeness (QED) is 0.157. The third kappa shape index (κ3) is 6.37. The van der Waals surface area contributed by atoms with Gasteiger partial charge < -0.3 is 14.2 Å². The van der Waals surface area contributed by atoms with Gasteiger partial charge in [0.25, 0.3) is 5.56 Å². The molecule has 0 saturated carbocycles. The van der Waals surface area contributed by atoms with E-state index in [0.717, 1.165) is 39.2 Å². The fourth-order valence-corrected chi connectivity index (χ4v) is 7.33. The number of aromatic nitrogens is 3. The van der Waals surface area contributed by atoms with Crippen molar-refractivity contribution in [2.75, 3.05) is 13.7 Å². The molecule has 0 saturated heterocycles. The molecular weight excluding hydrogens is 641 g/mol. The number of aryl methyl sites for hydroxylation is 3. The highest BCUT2D eigenvalue weighted by Crippen LogP contribution is 2.36. The lowest BCUT2D eigenvalue weighted by Gasteiger charge is -2.25. The number of ether oxygens (including phenoxy) is 3. The molecule has 2 aromatic heterocycles. The van der Waals surface area contributed by atoms with Gasteiger partial charge in [0, 0.05) is 24.2 Å². The van der Waals surface area contributed by atoms with E-state index in [0.29, 0.717) is 20.6 Å². The summed E-state index contributed by atoms with van der Waals surface area (Å²) in [6.45, 7) is 11.1. The Hall–Kier alpha value is -5.55. The van der Waals surface area contributed by atoms with E-state index in [1.807, 2.05) is 47.3 Å². The first-order valence-electron chi connectivity index (χ1n) is 15.8. The van der Waals surface area contributed by atoms with Crippen molar-refractivity contribution in [1.29, 1.82) is 0 Å². The van der Waals surface area contributed by atoms with Crippen LogP contribution in [0.3, 0.4) is 0 Å². The molecule has 0 radical (unpaired) electrons. The Morgan fingerprint density at radius 1 is 0.980 bits per heavy atom. The minimum Gasteiger partial charge on any atom is -0.493 e. The fourth-order valence-electron chi connectivity index (χ4n) is 6.30. The molecule has 1 aliphatic heterocycles. The van der Waals surface area contributed by atoms with Crippen LogP contribution in [0.1, 0.15) is 54.6 Å². The summed E-state index contributed by atoms with van der Waals surface area (Å²) in [5, 5.41) is 5.03. The largest absolute Gasteiger partial charge is 0.493 e. The van der Waals surface area contributed by atoms with E-state index < -0.39 is 18.0 Å². The molecule has 3 heterocycles. The Bertz CT molecular complexity index is 2310. The first-order valence-corrected chi connectivity index (χ1v) is 16.6. The highest BCUT2D eigenvalue weighted by Gasteiger charge is 2.34. The number of fused-ring (bicyclic) bond motifs is 1. The van der Waals surface area contributed by atoms with Crippen LogP contribution in [0, 0.1) is 20.8 Å². The van der Waals surface area contributed by atoms with Gasteiger partial charge in [0.05, 0.1) is 41.2 Å². The minimum atomic E-state index is -0.883. The van der Waals surface area contributed by atoms with Gasteiger partial charge in [-0.2, -0.15) is 5.10 Å². The summed E-state index contributed by atoms with van der Waals surface area (Å²) in [5.74, 6) is -0.598. The van der Waals surface area contributed by atoms with Crippen molar-refractivity contribution in [3.63, 3.8) is 0 Å². The van der Waals surface area contributed by atoms with E-state index in [9.17, 15) is 14.4 Å². The van der Waals surface area contributed by atoms with Crippen LogP contribution in [-0.2, 0) is 14.3 Å². The Labute approximate surface area is 287 Å². The summed E-state index contributed by atoms with van der Waals surface area (Å²) < 4.78 is 20.0. The summed E-state index contributed by atoms with van der Waals surface area (Å²) in [6, 6.07) is 18.1. The Balaban J connectivity index is 1.59. The summed E-state index contributed by atoms with van der Waals surface area (Å²) in [6.07, 6.45) is 3.77. The standard InChI is InChI=1S/C38H36N4O6S/c1-8-47-37(45)33-24(5)39-38-42(35(33)26-14-15-29(48-25(6)43)30(18-26)46-7)36(44)31(49-38)19-27-20-41(28-12-10-9-11-13-28)40-34(27)32-22(3)16-21(2)17-23(32)4/h9-20,35H,8H2,1-7H3/b31-19-. The van der Waals surface area contributed by atoms with Gasteiger partial charge in [-0.15, -0.1) is 0 Å². The lowest BCUT2D eigenvalue weighted by Crippen LogP contribution is -2.40. The van der Waals surface area contributed by atoms with Crippen LogP contribution >= 0.6 is 11.3 Å². The number of methoxy groups -OCH3 is 1. The fraction of sp³-hybridized carbons (Fsp3) is 0.237.